The first-order valence-electron chi connectivity index (χ1n) is 10.8. The first kappa shape index (κ1) is 21.9. The lowest BCUT2D eigenvalue weighted by molar-refractivity contribution is -0.126. The molecule has 0 amide bonds. The van der Waals surface area contributed by atoms with Gasteiger partial charge in [0.1, 0.15) is 18.2 Å². The number of Topliss-reactive ketones (excluding diaryl/α,β-unsaturated/α-hetero) is 1. The van der Waals surface area contributed by atoms with E-state index in [-0.39, 0.29) is 24.1 Å². The Hall–Kier alpha value is -3.31. The summed E-state index contributed by atoms with van der Waals surface area (Å²) in [5.74, 6) is 0.201. The lowest BCUT2D eigenvalue weighted by Gasteiger charge is -2.37. The van der Waals surface area contributed by atoms with Crippen LogP contribution >= 0.6 is 0 Å². The van der Waals surface area contributed by atoms with E-state index in [0.29, 0.717) is 5.56 Å². The molecular weight excluding hydrogens is 403 g/mol. The lowest BCUT2D eigenvalue weighted by atomic mass is 9.95. The Morgan fingerprint density at radius 1 is 1.00 bits per heavy atom. The minimum Gasteiger partial charge on any atom is -0.391 e. The van der Waals surface area contributed by atoms with E-state index < -0.39 is 0 Å². The number of carbonyl (C=O) groups is 1. The Morgan fingerprint density at radius 2 is 1.69 bits per heavy atom. The molecule has 1 saturated heterocycles. The SMILES string of the molecule is CC(=O)C1CN(Cc2ccc(/C(C)=N/OCc3ccc(-c4ccccc4)c(F)c3)cc2)C1. The van der Waals surface area contributed by atoms with Gasteiger partial charge in [-0.3, -0.25) is 9.69 Å². The van der Waals surface area contributed by atoms with Gasteiger partial charge in [-0.2, -0.15) is 0 Å². The van der Waals surface area contributed by atoms with Crippen molar-refractivity contribution in [2.24, 2.45) is 11.1 Å². The zero-order valence-electron chi connectivity index (χ0n) is 18.4. The van der Waals surface area contributed by atoms with Crippen molar-refractivity contribution in [3.8, 4) is 11.1 Å². The van der Waals surface area contributed by atoms with Crippen LogP contribution in [0, 0.1) is 11.7 Å². The molecule has 0 atom stereocenters. The van der Waals surface area contributed by atoms with Crippen LogP contribution in [0.25, 0.3) is 11.1 Å². The van der Waals surface area contributed by atoms with Crippen molar-refractivity contribution in [3.63, 3.8) is 0 Å². The average Bonchev–Trinajstić information content (AvgIpc) is 2.76. The van der Waals surface area contributed by atoms with Gasteiger partial charge in [0, 0.05) is 31.1 Å². The third-order valence-corrected chi connectivity index (χ3v) is 5.86. The van der Waals surface area contributed by atoms with Gasteiger partial charge in [-0.25, -0.2) is 4.39 Å². The van der Waals surface area contributed by atoms with Crippen LogP contribution in [0.5, 0.6) is 0 Å². The maximum atomic E-state index is 14.5. The number of rotatable bonds is 8. The number of hydrogen-bond acceptors (Lipinski definition) is 4. The van der Waals surface area contributed by atoms with Crippen LogP contribution in [0.3, 0.4) is 0 Å². The Morgan fingerprint density at radius 3 is 2.34 bits per heavy atom. The van der Waals surface area contributed by atoms with Crippen molar-refractivity contribution in [1.29, 1.82) is 0 Å². The van der Waals surface area contributed by atoms with Crippen molar-refractivity contribution in [1.82, 2.24) is 4.90 Å². The molecule has 0 N–H and O–H groups in total. The summed E-state index contributed by atoms with van der Waals surface area (Å²) in [6.07, 6.45) is 0. The molecule has 0 saturated carbocycles. The van der Waals surface area contributed by atoms with Gasteiger partial charge in [0.15, 0.2) is 0 Å². The van der Waals surface area contributed by atoms with Crippen molar-refractivity contribution in [2.75, 3.05) is 13.1 Å². The summed E-state index contributed by atoms with van der Waals surface area (Å²) in [5, 5.41) is 4.19. The van der Waals surface area contributed by atoms with E-state index in [1.165, 1.54) is 11.6 Å². The van der Waals surface area contributed by atoms with E-state index in [2.05, 4.69) is 22.2 Å². The van der Waals surface area contributed by atoms with Crippen molar-refractivity contribution >= 4 is 11.5 Å². The molecule has 164 valence electrons. The summed E-state index contributed by atoms with van der Waals surface area (Å²) in [4.78, 5) is 19.1. The van der Waals surface area contributed by atoms with Crippen LogP contribution < -0.4 is 0 Å². The fourth-order valence-corrected chi connectivity index (χ4v) is 3.82. The van der Waals surface area contributed by atoms with Crippen molar-refractivity contribution in [3.05, 3.63) is 95.3 Å². The summed E-state index contributed by atoms with van der Waals surface area (Å²) < 4.78 is 14.5. The zero-order valence-corrected chi connectivity index (χ0v) is 18.4. The third-order valence-electron chi connectivity index (χ3n) is 5.86. The van der Waals surface area contributed by atoms with Gasteiger partial charge in [0.05, 0.1) is 5.71 Å². The van der Waals surface area contributed by atoms with Crippen LogP contribution in [0.15, 0.2) is 78.0 Å². The first-order chi connectivity index (χ1) is 15.5. The standard InChI is InChI=1S/C27H27FN2O2/c1-19(23-11-8-21(9-12-23)15-30-16-25(17-30)20(2)31)29-32-18-22-10-13-26(27(28)14-22)24-6-4-3-5-7-24/h3-14,25H,15-18H2,1-2H3/b29-19+. The Labute approximate surface area is 188 Å². The molecule has 4 rings (SSSR count). The minimum absolute atomic E-state index is 0.198. The first-order valence-corrected chi connectivity index (χ1v) is 10.8. The van der Waals surface area contributed by atoms with Gasteiger partial charge in [-0.1, -0.05) is 71.9 Å². The van der Waals surface area contributed by atoms with E-state index in [1.807, 2.05) is 55.5 Å². The Bertz CT molecular complexity index is 1100. The van der Waals surface area contributed by atoms with E-state index in [9.17, 15) is 9.18 Å². The van der Waals surface area contributed by atoms with Gasteiger partial charge >= 0.3 is 0 Å². The predicted octanol–water partition coefficient (Wildman–Crippen LogP) is 5.45. The average molecular weight is 431 g/mol. The highest BCUT2D eigenvalue weighted by Crippen LogP contribution is 2.24. The maximum absolute atomic E-state index is 14.5. The summed E-state index contributed by atoms with van der Waals surface area (Å²) in [6.45, 7) is 6.30. The van der Waals surface area contributed by atoms with Crippen LogP contribution in [0.2, 0.25) is 0 Å². The molecule has 3 aromatic rings. The number of nitrogens with zero attached hydrogens (tertiary/aromatic N) is 2. The zero-order chi connectivity index (χ0) is 22.5. The molecule has 1 heterocycles. The monoisotopic (exact) mass is 430 g/mol. The van der Waals surface area contributed by atoms with Crippen LogP contribution in [-0.2, 0) is 22.8 Å². The fourth-order valence-electron chi connectivity index (χ4n) is 3.82. The normalized spacial score (nSPS) is 14.8. The smallest absolute Gasteiger partial charge is 0.142 e. The number of hydrogen-bond donors (Lipinski definition) is 0. The fraction of sp³-hybridized carbons (Fsp3) is 0.259. The van der Waals surface area contributed by atoms with E-state index >= 15 is 0 Å². The molecule has 5 heteroatoms. The van der Waals surface area contributed by atoms with Gasteiger partial charge < -0.3 is 4.84 Å². The molecule has 4 nitrogen and oxygen atoms in total. The number of oxime groups is 1. The number of carbonyl (C=O) groups excluding carboxylic acids is 1. The second-order valence-electron chi connectivity index (χ2n) is 8.33. The second-order valence-corrected chi connectivity index (χ2v) is 8.33. The van der Waals surface area contributed by atoms with Crippen molar-refractivity contribution < 1.29 is 14.0 Å². The molecular formula is C27H27FN2O2. The molecule has 0 aliphatic carbocycles. The molecule has 0 aromatic heterocycles. The third kappa shape index (κ3) is 5.29. The van der Waals surface area contributed by atoms with Gasteiger partial charge in [-0.15, -0.1) is 0 Å². The molecule has 1 fully saturated rings. The van der Waals surface area contributed by atoms with Gasteiger partial charge in [-0.05, 0) is 42.2 Å². The minimum atomic E-state index is -0.273. The number of likely N-dealkylation sites (tertiary alicyclic amines) is 1. The van der Waals surface area contributed by atoms with E-state index in [4.69, 9.17) is 4.84 Å². The van der Waals surface area contributed by atoms with Crippen molar-refractivity contribution in [2.45, 2.75) is 27.0 Å². The van der Waals surface area contributed by atoms with Crippen LogP contribution in [0.4, 0.5) is 4.39 Å². The number of benzene rings is 3. The Balaban J connectivity index is 1.30. The molecule has 32 heavy (non-hydrogen) atoms. The number of ketones is 1. The topological polar surface area (TPSA) is 41.9 Å². The predicted molar refractivity (Wildman–Crippen MR) is 125 cm³/mol. The van der Waals surface area contributed by atoms with E-state index in [1.54, 1.807) is 13.0 Å². The Kier molecular flexibility index (Phi) is 6.76. The van der Waals surface area contributed by atoms with Crippen LogP contribution in [-0.4, -0.2) is 29.5 Å². The lowest BCUT2D eigenvalue weighted by Crippen LogP contribution is -2.48. The van der Waals surface area contributed by atoms with Crippen LogP contribution in [0.1, 0.15) is 30.5 Å². The maximum Gasteiger partial charge on any atom is 0.142 e. The molecule has 1 aliphatic rings. The quantitative estimate of drug-likeness (QED) is 0.352. The number of halogens is 1. The molecule has 0 unspecified atom stereocenters. The highest BCUT2D eigenvalue weighted by molar-refractivity contribution is 5.98. The molecule has 1 aliphatic heterocycles. The molecule has 0 bridgehead atoms. The largest absolute Gasteiger partial charge is 0.391 e. The summed E-state index contributed by atoms with van der Waals surface area (Å²) in [7, 11) is 0. The summed E-state index contributed by atoms with van der Waals surface area (Å²) >= 11 is 0. The molecule has 0 spiro atoms. The highest BCUT2D eigenvalue weighted by atomic mass is 19.1. The van der Waals surface area contributed by atoms with Gasteiger partial charge in [0.2, 0.25) is 0 Å². The second kappa shape index (κ2) is 9.88. The highest BCUT2D eigenvalue weighted by Gasteiger charge is 2.29. The summed E-state index contributed by atoms with van der Waals surface area (Å²) in [6, 6.07) is 22.8. The van der Waals surface area contributed by atoms with E-state index in [0.717, 1.165) is 42.0 Å². The molecule has 3 aromatic carbocycles. The molecule has 0 radical (unpaired) electrons. The van der Waals surface area contributed by atoms with Gasteiger partial charge in [0.25, 0.3) is 0 Å². The summed E-state index contributed by atoms with van der Waals surface area (Å²) in [5.41, 5.74) is 5.10.